The van der Waals surface area contributed by atoms with E-state index in [2.05, 4.69) is 4.98 Å². The Balaban J connectivity index is 2.15. The van der Waals surface area contributed by atoms with Crippen LogP contribution in [0, 0.1) is 10.1 Å². The van der Waals surface area contributed by atoms with Crippen LogP contribution >= 0.6 is 0 Å². The van der Waals surface area contributed by atoms with Crippen molar-refractivity contribution in [1.82, 2.24) is 9.88 Å². The highest BCUT2D eigenvalue weighted by Crippen LogP contribution is 2.25. The molecule has 8 nitrogen and oxygen atoms in total. The standard InChI is InChI=1S/C10H12N4O4/c15-10(16)13-6-4-12(5-7-13)9-8(14(17)18)2-1-3-11-9/h1-3H,4-7H2,(H,15,16). The molecule has 1 aliphatic rings. The van der Waals surface area contributed by atoms with Crippen molar-refractivity contribution in [2.45, 2.75) is 0 Å². The number of aromatic nitrogens is 1. The number of hydrogen-bond donors (Lipinski definition) is 1. The summed E-state index contributed by atoms with van der Waals surface area (Å²) in [5.41, 5.74) is -0.0544. The Morgan fingerprint density at radius 1 is 1.39 bits per heavy atom. The van der Waals surface area contributed by atoms with Crippen molar-refractivity contribution in [2.24, 2.45) is 0 Å². The highest BCUT2D eigenvalue weighted by Gasteiger charge is 2.26. The Morgan fingerprint density at radius 3 is 2.61 bits per heavy atom. The highest BCUT2D eigenvalue weighted by atomic mass is 16.6. The van der Waals surface area contributed by atoms with Gasteiger partial charge in [0.05, 0.1) is 4.92 Å². The first kappa shape index (κ1) is 12.1. The van der Waals surface area contributed by atoms with Crippen LogP contribution in [0.5, 0.6) is 0 Å². The summed E-state index contributed by atoms with van der Waals surface area (Å²) in [7, 11) is 0. The maximum absolute atomic E-state index is 10.9. The van der Waals surface area contributed by atoms with Crippen LogP contribution in [0.2, 0.25) is 0 Å². The Hall–Kier alpha value is -2.38. The molecule has 1 amide bonds. The number of carboxylic acid groups (broad SMARTS) is 1. The number of carbonyl (C=O) groups is 1. The van der Waals surface area contributed by atoms with Crippen molar-refractivity contribution >= 4 is 17.6 Å². The minimum absolute atomic E-state index is 0.0544. The molecule has 0 unspecified atom stereocenters. The summed E-state index contributed by atoms with van der Waals surface area (Å²) in [5.74, 6) is 0.299. The maximum atomic E-state index is 10.9. The molecular weight excluding hydrogens is 240 g/mol. The van der Waals surface area contributed by atoms with Gasteiger partial charge in [0.15, 0.2) is 0 Å². The number of nitro groups is 1. The second kappa shape index (κ2) is 4.86. The lowest BCUT2D eigenvalue weighted by Gasteiger charge is -2.33. The van der Waals surface area contributed by atoms with Crippen LogP contribution in [0.1, 0.15) is 0 Å². The number of amides is 1. The van der Waals surface area contributed by atoms with Crippen LogP contribution in [-0.4, -0.2) is 52.2 Å². The fourth-order valence-corrected chi connectivity index (χ4v) is 1.88. The zero-order valence-corrected chi connectivity index (χ0v) is 9.52. The van der Waals surface area contributed by atoms with E-state index in [1.165, 1.54) is 23.2 Å². The molecule has 1 aliphatic heterocycles. The molecule has 1 fully saturated rings. The maximum Gasteiger partial charge on any atom is 0.407 e. The lowest BCUT2D eigenvalue weighted by atomic mass is 10.3. The lowest BCUT2D eigenvalue weighted by molar-refractivity contribution is -0.384. The fourth-order valence-electron chi connectivity index (χ4n) is 1.88. The summed E-state index contributed by atoms with van der Waals surface area (Å²) in [6, 6.07) is 2.90. The van der Waals surface area contributed by atoms with E-state index in [9.17, 15) is 14.9 Å². The Bertz CT molecular complexity index is 471. The number of hydrogen-bond acceptors (Lipinski definition) is 5. The van der Waals surface area contributed by atoms with Gasteiger partial charge >= 0.3 is 11.8 Å². The van der Waals surface area contributed by atoms with Crippen molar-refractivity contribution in [1.29, 1.82) is 0 Å². The first-order valence-corrected chi connectivity index (χ1v) is 5.42. The second-order valence-electron chi connectivity index (χ2n) is 3.86. The smallest absolute Gasteiger partial charge is 0.407 e. The van der Waals surface area contributed by atoms with Crippen LogP contribution in [0.25, 0.3) is 0 Å². The van der Waals surface area contributed by atoms with Gasteiger partial charge in [0, 0.05) is 38.4 Å². The van der Waals surface area contributed by atoms with E-state index < -0.39 is 11.0 Å². The van der Waals surface area contributed by atoms with Gasteiger partial charge in [0.25, 0.3) is 0 Å². The summed E-state index contributed by atoms with van der Waals surface area (Å²) < 4.78 is 0. The van der Waals surface area contributed by atoms with Crippen LogP contribution in [0.15, 0.2) is 18.3 Å². The van der Waals surface area contributed by atoms with Crippen LogP contribution < -0.4 is 4.90 Å². The summed E-state index contributed by atoms with van der Waals surface area (Å²) in [4.78, 5) is 28.2. The molecule has 0 spiro atoms. The zero-order valence-electron chi connectivity index (χ0n) is 9.52. The van der Waals surface area contributed by atoms with E-state index in [0.717, 1.165) is 0 Å². The van der Waals surface area contributed by atoms with Crippen molar-refractivity contribution in [3.63, 3.8) is 0 Å². The molecule has 1 saturated heterocycles. The van der Waals surface area contributed by atoms with Gasteiger partial charge in [-0.15, -0.1) is 0 Å². The van der Waals surface area contributed by atoms with E-state index in [1.807, 2.05) is 0 Å². The monoisotopic (exact) mass is 252 g/mol. The topological polar surface area (TPSA) is 99.8 Å². The predicted octanol–water partition coefficient (Wildman–Crippen LogP) is 0.790. The Labute approximate surface area is 103 Å². The first-order valence-electron chi connectivity index (χ1n) is 5.42. The molecule has 0 bridgehead atoms. The van der Waals surface area contributed by atoms with Gasteiger partial charge in [-0.25, -0.2) is 9.78 Å². The molecule has 0 radical (unpaired) electrons. The van der Waals surface area contributed by atoms with Crippen molar-refractivity contribution < 1.29 is 14.8 Å². The van der Waals surface area contributed by atoms with Gasteiger partial charge in [-0.05, 0) is 6.07 Å². The largest absolute Gasteiger partial charge is 0.465 e. The highest BCUT2D eigenvalue weighted by molar-refractivity contribution is 5.66. The third kappa shape index (κ3) is 2.31. The van der Waals surface area contributed by atoms with Crippen molar-refractivity contribution in [3.8, 4) is 0 Å². The van der Waals surface area contributed by atoms with E-state index in [1.54, 1.807) is 4.90 Å². The molecule has 8 heteroatoms. The third-order valence-electron chi connectivity index (χ3n) is 2.81. The third-order valence-corrected chi connectivity index (χ3v) is 2.81. The van der Waals surface area contributed by atoms with Crippen molar-refractivity contribution in [2.75, 3.05) is 31.1 Å². The normalized spacial score (nSPS) is 15.6. The Morgan fingerprint density at radius 2 is 2.06 bits per heavy atom. The Kier molecular flexibility index (Phi) is 3.26. The number of piperazine rings is 1. The van der Waals surface area contributed by atoms with E-state index in [4.69, 9.17) is 5.11 Å². The molecule has 2 rings (SSSR count). The number of pyridine rings is 1. The molecule has 0 aliphatic carbocycles. The molecule has 96 valence electrons. The SMILES string of the molecule is O=C(O)N1CCN(c2ncccc2[N+](=O)[O-])CC1. The van der Waals surface area contributed by atoms with Gasteiger partial charge in [0.2, 0.25) is 5.82 Å². The molecule has 2 heterocycles. The molecule has 18 heavy (non-hydrogen) atoms. The van der Waals surface area contributed by atoms with Gasteiger partial charge in [-0.3, -0.25) is 10.1 Å². The second-order valence-corrected chi connectivity index (χ2v) is 3.86. The average molecular weight is 252 g/mol. The summed E-state index contributed by atoms with van der Waals surface area (Å²) in [6.45, 7) is 1.46. The molecule has 1 N–H and O–H groups in total. The minimum Gasteiger partial charge on any atom is -0.465 e. The van der Waals surface area contributed by atoms with Crippen LogP contribution in [0.3, 0.4) is 0 Å². The summed E-state index contributed by atoms with van der Waals surface area (Å²) in [5, 5.41) is 19.7. The molecule has 0 aromatic carbocycles. The average Bonchev–Trinajstić information content (AvgIpc) is 2.39. The zero-order chi connectivity index (χ0) is 13.1. The van der Waals surface area contributed by atoms with Gasteiger partial charge < -0.3 is 14.9 Å². The molecule has 1 aromatic heterocycles. The van der Waals surface area contributed by atoms with E-state index in [0.29, 0.717) is 32.0 Å². The summed E-state index contributed by atoms with van der Waals surface area (Å²) >= 11 is 0. The summed E-state index contributed by atoms with van der Waals surface area (Å²) in [6.07, 6.45) is 0.525. The van der Waals surface area contributed by atoms with E-state index in [-0.39, 0.29) is 5.69 Å². The predicted molar refractivity (Wildman–Crippen MR) is 62.7 cm³/mol. The molecule has 0 saturated carbocycles. The first-order chi connectivity index (χ1) is 8.59. The molecular formula is C10H12N4O4. The van der Waals surface area contributed by atoms with Crippen molar-refractivity contribution in [3.05, 3.63) is 28.4 Å². The van der Waals surface area contributed by atoms with Crippen LogP contribution in [-0.2, 0) is 0 Å². The van der Waals surface area contributed by atoms with Gasteiger partial charge in [-0.2, -0.15) is 0 Å². The molecule has 0 atom stereocenters. The van der Waals surface area contributed by atoms with E-state index >= 15 is 0 Å². The van der Waals surface area contributed by atoms with Crippen LogP contribution in [0.4, 0.5) is 16.3 Å². The number of nitrogens with zero attached hydrogens (tertiary/aromatic N) is 4. The van der Waals surface area contributed by atoms with Gasteiger partial charge in [-0.1, -0.05) is 0 Å². The fraction of sp³-hybridized carbons (Fsp3) is 0.400. The quantitative estimate of drug-likeness (QED) is 0.617. The molecule has 1 aromatic rings. The number of rotatable bonds is 2. The minimum atomic E-state index is -0.967. The number of anilines is 1. The lowest BCUT2D eigenvalue weighted by Crippen LogP contribution is -2.48. The van der Waals surface area contributed by atoms with Gasteiger partial charge in [0.1, 0.15) is 0 Å².